The monoisotopic (exact) mass is 164 g/mol. The lowest BCUT2D eigenvalue weighted by molar-refractivity contribution is 0.117. The summed E-state index contributed by atoms with van der Waals surface area (Å²) in [4.78, 5) is 0. The van der Waals surface area contributed by atoms with Crippen LogP contribution >= 0.6 is 0 Å². The van der Waals surface area contributed by atoms with Crippen LogP contribution in [0.1, 0.15) is 33.6 Å². The van der Waals surface area contributed by atoms with E-state index in [-0.39, 0.29) is 11.5 Å². The third-order valence-corrected chi connectivity index (χ3v) is 2.54. The van der Waals surface area contributed by atoms with Crippen LogP contribution in [-0.4, -0.2) is 11.2 Å². The fraction of sp³-hybridized carbons (Fsp3) is 0.636. The maximum absolute atomic E-state index is 9.53. The van der Waals surface area contributed by atoms with Crippen molar-refractivity contribution in [3.8, 4) is 12.3 Å². The van der Waals surface area contributed by atoms with Gasteiger partial charge in [0.1, 0.15) is 0 Å². The van der Waals surface area contributed by atoms with Crippen LogP contribution in [0.25, 0.3) is 0 Å². The summed E-state index contributed by atoms with van der Waals surface area (Å²) in [5.41, 5.74) is 2.23. The third kappa shape index (κ3) is 1.54. The van der Waals surface area contributed by atoms with Crippen LogP contribution in [0.2, 0.25) is 0 Å². The van der Waals surface area contributed by atoms with E-state index in [0.29, 0.717) is 0 Å². The van der Waals surface area contributed by atoms with Gasteiger partial charge in [0.25, 0.3) is 0 Å². The molecule has 0 aromatic heterocycles. The van der Waals surface area contributed by atoms with Gasteiger partial charge in [-0.3, -0.25) is 0 Å². The highest BCUT2D eigenvalue weighted by Gasteiger charge is 2.31. The minimum absolute atomic E-state index is 0.0174. The van der Waals surface area contributed by atoms with Gasteiger partial charge in [0.2, 0.25) is 0 Å². The molecule has 12 heavy (non-hydrogen) atoms. The van der Waals surface area contributed by atoms with Crippen LogP contribution in [0, 0.1) is 17.8 Å². The van der Waals surface area contributed by atoms with E-state index in [0.717, 1.165) is 18.4 Å². The molecule has 1 atom stereocenters. The van der Waals surface area contributed by atoms with Crippen LogP contribution in [0.4, 0.5) is 0 Å². The Morgan fingerprint density at radius 1 is 1.58 bits per heavy atom. The molecule has 1 N–H and O–H groups in total. The molecule has 1 nitrogen and oxygen atoms in total. The Balaban J connectivity index is 3.06. The van der Waals surface area contributed by atoms with Crippen LogP contribution in [0.5, 0.6) is 0 Å². The Morgan fingerprint density at radius 2 is 2.17 bits per heavy atom. The van der Waals surface area contributed by atoms with E-state index in [1.54, 1.807) is 0 Å². The zero-order valence-corrected chi connectivity index (χ0v) is 8.02. The quantitative estimate of drug-likeness (QED) is 0.544. The fourth-order valence-electron chi connectivity index (χ4n) is 2.12. The normalized spacial score (nSPS) is 28.4. The fourth-order valence-corrected chi connectivity index (χ4v) is 2.12. The summed E-state index contributed by atoms with van der Waals surface area (Å²) in [5.74, 6) is 2.73. The van der Waals surface area contributed by atoms with Gasteiger partial charge in [0.15, 0.2) is 0 Å². The van der Waals surface area contributed by atoms with E-state index in [2.05, 4.69) is 19.8 Å². The number of aliphatic hydroxyl groups is 1. The second-order valence-corrected chi connectivity index (χ2v) is 4.25. The lowest BCUT2D eigenvalue weighted by Gasteiger charge is -2.34. The Bertz CT molecular complexity index is 253. The van der Waals surface area contributed by atoms with E-state index in [1.165, 1.54) is 5.57 Å². The first-order valence-electron chi connectivity index (χ1n) is 4.32. The Morgan fingerprint density at radius 3 is 2.58 bits per heavy atom. The Hall–Kier alpha value is -0.740. The van der Waals surface area contributed by atoms with E-state index in [9.17, 15) is 5.11 Å². The molecule has 0 spiro atoms. The molecular formula is C11H16O. The van der Waals surface area contributed by atoms with Crippen molar-refractivity contribution < 1.29 is 5.11 Å². The summed E-state index contributed by atoms with van der Waals surface area (Å²) in [6, 6.07) is 0. The molecule has 0 saturated heterocycles. The molecule has 66 valence electrons. The molecule has 0 heterocycles. The molecule has 1 aliphatic rings. The summed E-state index contributed by atoms with van der Waals surface area (Å²) in [7, 11) is 0. The van der Waals surface area contributed by atoms with Gasteiger partial charge in [0.05, 0.1) is 6.10 Å². The molecule has 1 heteroatoms. The molecule has 1 rings (SSSR count). The highest BCUT2D eigenvalue weighted by atomic mass is 16.3. The highest BCUT2D eigenvalue weighted by molar-refractivity contribution is 5.38. The molecule has 0 fully saturated rings. The van der Waals surface area contributed by atoms with Crippen molar-refractivity contribution in [2.24, 2.45) is 5.41 Å². The number of hydrogen-bond donors (Lipinski definition) is 1. The number of hydrogen-bond acceptors (Lipinski definition) is 1. The van der Waals surface area contributed by atoms with Crippen LogP contribution < -0.4 is 0 Å². The van der Waals surface area contributed by atoms with Crippen molar-refractivity contribution in [1.82, 2.24) is 0 Å². The van der Waals surface area contributed by atoms with Crippen molar-refractivity contribution >= 4 is 0 Å². The van der Waals surface area contributed by atoms with Gasteiger partial charge in [0, 0.05) is 11.0 Å². The summed E-state index contributed by atoms with van der Waals surface area (Å²) in [6.07, 6.45) is 6.73. The standard InChI is InChI=1S/C11H16O/c1-5-10-8(2)6-9(12)7-11(10,3)4/h1,9,12H,6-7H2,2-4H3/t9-/m0/s1. The smallest absolute Gasteiger partial charge is 0.0586 e. The van der Waals surface area contributed by atoms with E-state index >= 15 is 0 Å². The molecular weight excluding hydrogens is 148 g/mol. The molecule has 0 amide bonds. The van der Waals surface area contributed by atoms with E-state index in [1.807, 2.05) is 6.92 Å². The first-order valence-corrected chi connectivity index (χ1v) is 4.32. The average Bonchev–Trinajstić information content (AvgIpc) is 1.82. The van der Waals surface area contributed by atoms with Gasteiger partial charge < -0.3 is 5.11 Å². The van der Waals surface area contributed by atoms with Crippen molar-refractivity contribution in [2.45, 2.75) is 39.7 Å². The first kappa shape index (κ1) is 9.35. The maximum atomic E-state index is 9.53. The summed E-state index contributed by atoms with van der Waals surface area (Å²) in [6.45, 7) is 6.20. The highest BCUT2D eigenvalue weighted by Crippen LogP contribution is 2.39. The van der Waals surface area contributed by atoms with Crippen LogP contribution in [0.15, 0.2) is 11.1 Å². The topological polar surface area (TPSA) is 20.2 Å². The van der Waals surface area contributed by atoms with E-state index < -0.39 is 0 Å². The molecule has 0 saturated carbocycles. The third-order valence-electron chi connectivity index (χ3n) is 2.54. The number of allylic oxidation sites excluding steroid dienone is 1. The molecule has 0 aliphatic heterocycles. The van der Waals surface area contributed by atoms with Gasteiger partial charge >= 0.3 is 0 Å². The Labute approximate surface area is 74.5 Å². The predicted molar refractivity (Wildman–Crippen MR) is 50.6 cm³/mol. The van der Waals surface area contributed by atoms with Crippen molar-refractivity contribution in [2.75, 3.05) is 0 Å². The van der Waals surface area contributed by atoms with E-state index in [4.69, 9.17) is 6.42 Å². The van der Waals surface area contributed by atoms with Gasteiger partial charge in [-0.05, 0) is 19.8 Å². The van der Waals surface area contributed by atoms with Crippen LogP contribution in [0.3, 0.4) is 0 Å². The van der Waals surface area contributed by atoms with Crippen molar-refractivity contribution in [3.63, 3.8) is 0 Å². The van der Waals surface area contributed by atoms with Crippen molar-refractivity contribution in [1.29, 1.82) is 0 Å². The van der Waals surface area contributed by atoms with Crippen LogP contribution in [-0.2, 0) is 0 Å². The largest absolute Gasteiger partial charge is 0.393 e. The zero-order valence-electron chi connectivity index (χ0n) is 8.02. The lowest BCUT2D eigenvalue weighted by Crippen LogP contribution is -2.28. The SMILES string of the molecule is C#CC1=C(C)C[C@H](O)CC1(C)C. The van der Waals surface area contributed by atoms with Gasteiger partial charge in [-0.15, -0.1) is 6.42 Å². The Kier molecular flexibility index (Phi) is 2.30. The number of terminal acetylenes is 1. The molecule has 0 aromatic carbocycles. The summed E-state index contributed by atoms with van der Waals surface area (Å²) < 4.78 is 0. The molecule has 0 unspecified atom stereocenters. The molecule has 1 aliphatic carbocycles. The molecule has 0 radical (unpaired) electrons. The maximum Gasteiger partial charge on any atom is 0.0586 e. The minimum atomic E-state index is -0.211. The summed E-state index contributed by atoms with van der Waals surface area (Å²) in [5, 5.41) is 9.53. The minimum Gasteiger partial charge on any atom is -0.393 e. The van der Waals surface area contributed by atoms with Gasteiger partial charge in [-0.1, -0.05) is 25.3 Å². The first-order chi connectivity index (χ1) is 5.47. The number of rotatable bonds is 0. The molecule has 0 bridgehead atoms. The predicted octanol–water partition coefficient (Wildman–Crippen LogP) is 2.12. The summed E-state index contributed by atoms with van der Waals surface area (Å²) >= 11 is 0. The van der Waals surface area contributed by atoms with Gasteiger partial charge in [-0.2, -0.15) is 0 Å². The average molecular weight is 164 g/mol. The molecule has 0 aromatic rings. The lowest BCUT2D eigenvalue weighted by atomic mass is 9.72. The second kappa shape index (κ2) is 2.95. The van der Waals surface area contributed by atoms with Gasteiger partial charge in [-0.25, -0.2) is 0 Å². The zero-order chi connectivity index (χ0) is 9.35. The van der Waals surface area contributed by atoms with Crippen molar-refractivity contribution in [3.05, 3.63) is 11.1 Å². The second-order valence-electron chi connectivity index (χ2n) is 4.25. The number of aliphatic hydroxyl groups excluding tert-OH is 1.